The van der Waals surface area contributed by atoms with Gasteiger partial charge in [-0.05, 0) is 68.4 Å². The van der Waals surface area contributed by atoms with Crippen LogP contribution in [0, 0.1) is 13.8 Å². The molecular formula is C30H35NO3. The number of ether oxygens (including phenoxy) is 1. The first-order chi connectivity index (χ1) is 16.5. The lowest BCUT2D eigenvalue weighted by molar-refractivity contribution is 0.0475. The van der Waals surface area contributed by atoms with Crippen LogP contribution in [0.4, 0.5) is 0 Å². The number of pyridine rings is 1. The smallest absolute Gasteiger partial charge is 0.339 e. The number of fused-ring (bicyclic) bond motifs is 2. The lowest BCUT2D eigenvalue weighted by Crippen LogP contribution is -2.18. The first kappa shape index (κ1) is 24.1. The van der Waals surface area contributed by atoms with E-state index >= 15 is 0 Å². The molecule has 0 radical (unpaired) electrons. The first-order valence-electron chi connectivity index (χ1n) is 12.7. The normalized spacial score (nSPS) is 15.1. The minimum atomic E-state index is -0.417. The molecule has 0 saturated heterocycles. The van der Waals surface area contributed by atoms with Crippen LogP contribution >= 0.6 is 0 Å². The van der Waals surface area contributed by atoms with Crippen LogP contribution in [-0.4, -0.2) is 23.3 Å². The molecule has 4 heteroatoms. The Hall–Kier alpha value is -3.01. The van der Waals surface area contributed by atoms with Crippen LogP contribution in [0.2, 0.25) is 0 Å². The summed E-state index contributed by atoms with van der Waals surface area (Å²) in [5.74, 6) is -0.599. The number of nitrogens with zero attached hydrogens (tertiary/aromatic N) is 1. The number of esters is 1. The van der Waals surface area contributed by atoms with Gasteiger partial charge in [-0.15, -0.1) is 0 Å². The molecule has 0 N–H and O–H groups in total. The summed E-state index contributed by atoms with van der Waals surface area (Å²) in [6, 6.07) is 13.4. The van der Waals surface area contributed by atoms with Gasteiger partial charge in [-0.2, -0.15) is 0 Å². The highest BCUT2D eigenvalue weighted by molar-refractivity contribution is 6.06. The van der Waals surface area contributed by atoms with Gasteiger partial charge in [0.05, 0.1) is 11.1 Å². The predicted octanol–water partition coefficient (Wildman–Crippen LogP) is 7.11. The largest absolute Gasteiger partial charge is 0.454 e. The van der Waals surface area contributed by atoms with Crippen molar-refractivity contribution in [2.45, 2.75) is 78.1 Å². The molecule has 0 unspecified atom stereocenters. The number of rotatable bonds is 4. The second-order valence-electron chi connectivity index (χ2n) is 9.56. The number of aromatic nitrogens is 1. The van der Waals surface area contributed by atoms with E-state index < -0.39 is 5.97 Å². The minimum Gasteiger partial charge on any atom is -0.454 e. The van der Waals surface area contributed by atoms with Crippen molar-refractivity contribution in [2.24, 2.45) is 0 Å². The van der Waals surface area contributed by atoms with E-state index in [0.717, 1.165) is 65.4 Å². The monoisotopic (exact) mass is 457 g/mol. The second kappa shape index (κ2) is 11.4. The second-order valence-corrected chi connectivity index (χ2v) is 9.56. The highest BCUT2D eigenvalue weighted by Gasteiger charge is 2.22. The lowest BCUT2D eigenvalue weighted by atomic mass is 9.92. The van der Waals surface area contributed by atoms with Crippen molar-refractivity contribution in [1.82, 2.24) is 4.98 Å². The molecule has 1 aliphatic carbocycles. The molecule has 0 aliphatic heterocycles. The van der Waals surface area contributed by atoms with Gasteiger partial charge in [-0.25, -0.2) is 4.79 Å². The van der Waals surface area contributed by atoms with Crippen molar-refractivity contribution in [3.8, 4) is 0 Å². The molecule has 1 aliphatic rings. The van der Waals surface area contributed by atoms with Crippen LogP contribution in [0.1, 0.15) is 94.5 Å². The molecule has 34 heavy (non-hydrogen) atoms. The van der Waals surface area contributed by atoms with E-state index in [0.29, 0.717) is 11.1 Å². The Bertz CT molecular complexity index is 1180. The number of Topliss-reactive ketones (excluding diaryl/α,β-unsaturated/α-hetero) is 1. The zero-order valence-corrected chi connectivity index (χ0v) is 20.5. The fourth-order valence-electron chi connectivity index (χ4n) is 4.87. The Kier molecular flexibility index (Phi) is 8.10. The molecule has 0 bridgehead atoms. The Balaban J connectivity index is 1.63. The zero-order valence-electron chi connectivity index (χ0n) is 20.5. The molecule has 4 nitrogen and oxygen atoms in total. The molecule has 0 saturated carbocycles. The van der Waals surface area contributed by atoms with Gasteiger partial charge in [-0.1, -0.05) is 68.9 Å². The van der Waals surface area contributed by atoms with Crippen LogP contribution in [-0.2, 0) is 17.6 Å². The van der Waals surface area contributed by atoms with Crippen LogP contribution in [0.5, 0.6) is 0 Å². The Morgan fingerprint density at radius 2 is 1.50 bits per heavy atom. The summed E-state index contributed by atoms with van der Waals surface area (Å²) in [7, 11) is 0. The fourth-order valence-corrected chi connectivity index (χ4v) is 4.87. The summed E-state index contributed by atoms with van der Waals surface area (Å²) in [5.41, 5.74) is 6.22. The third-order valence-electron chi connectivity index (χ3n) is 7.04. The van der Waals surface area contributed by atoms with E-state index in [4.69, 9.17) is 9.72 Å². The molecule has 0 fully saturated rings. The first-order valence-corrected chi connectivity index (χ1v) is 12.7. The SMILES string of the molecule is Cc1ccc(C(=O)COC(=O)c2c3c(nc4ccccc24)CCCCCCCCCC3)cc1C. The van der Waals surface area contributed by atoms with Crippen molar-refractivity contribution in [2.75, 3.05) is 6.61 Å². The molecule has 1 heterocycles. The maximum atomic E-state index is 13.5. The van der Waals surface area contributed by atoms with Crippen molar-refractivity contribution < 1.29 is 14.3 Å². The maximum Gasteiger partial charge on any atom is 0.339 e. The van der Waals surface area contributed by atoms with Gasteiger partial charge >= 0.3 is 5.97 Å². The van der Waals surface area contributed by atoms with Crippen molar-refractivity contribution in [3.05, 3.63) is 76.0 Å². The molecule has 4 rings (SSSR count). The summed E-state index contributed by atoms with van der Waals surface area (Å²) in [4.78, 5) is 31.2. The summed E-state index contributed by atoms with van der Waals surface area (Å²) in [6.45, 7) is 3.74. The number of carbonyl (C=O) groups excluding carboxylic acids is 2. The number of benzene rings is 2. The van der Waals surface area contributed by atoms with Crippen LogP contribution in [0.25, 0.3) is 10.9 Å². The molecule has 0 spiro atoms. The number of hydrogen-bond acceptors (Lipinski definition) is 4. The number of para-hydroxylation sites is 1. The lowest BCUT2D eigenvalue weighted by Gasteiger charge is -2.17. The van der Waals surface area contributed by atoms with Crippen LogP contribution < -0.4 is 0 Å². The molecule has 2 aromatic carbocycles. The number of hydrogen-bond donors (Lipinski definition) is 0. The standard InChI is InChI=1S/C30H35NO3/c1-21-17-18-23(19-22(21)2)28(32)20-34-30(33)29-24-13-9-7-5-3-4-6-8-10-15-26(24)31-27-16-12-11-14-25(27)29/h11-12,14,16-19H,3-10,13,15,20H2,1-2H3. The molecular weight excluding hydrogens is 422 g/mol. The van der Waals surface area contributed by atoms with Crippen molar-refractivity contribution in [3.63, 3.8) is 0 Å². The summed E-state index contributed by atoms with van der Waals surface area (Å²) in [6.07, 6.45) is 11.3. The highest BCUT2D eigenvalue weighted by Crippen LogP contribution is 2.28. The molecule has 178 valence electrons. The highest BCUT2D eigenvalue weighted by atomic mass is 16.5. The maximum absolute atomic E-state index is 13.5. The molecule has 3 aromatic rings. The summed E-state index contributed by atoms with van der Waals surface area (Å²) in [5, 5.41) is 0.817. The average Bonchev–Trinajstić information content (AvgIpc) is 2.83. The predicted molar refractivity (Wildman–Crippen MR) is 137 cm³/mol. The van der Waals surface area contributed by atoms with E-state index in [1.54, 1.807) is 6.07 Å². The number of carbonyl (C=O) groups is 2. The quantitative estimate of drug-likeness (QED) is 0.309. The van der Waals surface area contributed by atoms with Gasteiger partial charge in [0.2, 0.25) is 0 Å². The zero-order chi connectivity index (χ0) is 23.9. The summed E-state index contributed by atoms with van der Waals surface area (Å²) < 4.78 is 5.65. The fraction of sp³-hybridized carbons (Fsp3) is 0.433. The van der Waals surface area contributed by atoms with Gasteiger partial charge in [0, 0.05) is 16.6 Å². The van der Waals surface area contributed by atoms with Crippen LogP contribution in [0.15, 0.2) is 42.5 Å². The van der Waals surface area contributed by atoms with Gasteiger partial charge < -0.3 is 4.74 Å². The number of aryl methyl sites for hydroxylation is 3. The Morgan fingerprint density at radius 3 is 2.24 bits per heavy atom. The third-order valence-corrected chi connectivity index (χ3v) is 7.04. The summed E-state index contributed by atoms with van der Waals surface area (Å²) >= 11 is 0. The molecule has 0 amide bonds. The van der Waals surface area contributed by atoms with Gasteiger partial charge in [0.25, 0.3) is 0 Å². The van der Waals surface area contributed by atoms with Crippen molar-refractivity contribution >= 4 is 22.7 Å². The molecule has 0 atom stereocenters. The van der Waals surface area contributed by atoms with Crippen molar-refractivity contribution in [1.29, 1.82) is 0 Å². The Labute approximate surface area is 202 Å². The van der Waals surface area contributed by atoms with E-state index in [9.17, 15) is 9.59 Å². The van der Waals surface area contributed by atoms with E-state index in [-0.39, 0.29) is 12.4 Å². The van der Waals surface area contributed by atoms with E-state index in [1.807, 2.05) is 50.2 Å². The van der Waals surface area contributed by atoms with Gasteiger partial charge in [0.15, 0.2) is 12.4 Å². The van der Waals surface area contributed by atoms with Crippen LogP contribution in [0.3, 0.4) is 0 Å². The molecule has 1 aromatic heterocycles. The minimum absolute atomic E-state index is 0.182. The van der Waals surface area contributed by atoms with Gasteiger partial charge in [0.1, 0.15) is 0 Å². The third kappa shape index (κ3) is 5.72. The van der Waals surface area contributed by atoms with E-state index in [2.05, 4.69) is 0 Å². The van der Waals surface area contributed by atoms with E-state index in [1.165, 1.54) is 32.1 Å². The Morgan fingerprint density at radius 1 is 0.824 bits per heavy atom. The average molecular weight is 458 g/mol. The van der Waals surface area contributed by atoms with Gasteiger partial charge in [-0.3, -0.25) is 9.78 Å². The topological polar surface area (TPSA) is 56.3 Å². The number of ketones is 1.